The van der Waals surface area contributed by atoms with Crippen LogP contribution in [0.5, 0.6) is 0 Å². The third kappa shape index (κ3) is 5.47. The molecule has 8 heteroatoms. The average molecular weight is 531 g/mol. The number of piperazine rings is 1. The Kier molecular flexibility index (Phi) is 7.81. The quantitative estimate of drug-likeness (QED) is 0.430. The lowest BCUT2D eigenvalue weighted by atomic mass is 10.1. The van der Waals surface area contributed by atoms with Crippen molar-refractivity contribution < 1.29 is 13.2 Å². The zero-order valence-corrected chi connectivity index (χ0v) is 22.5. The predicted molar refractivity (Wildman–Crippen MR) is 153 cm³/mol. The van der Waals surface area contributed by atoms with Gasteiger partial charge < -0.3 is 10.2 Å². The van der Waals surface area contributed by atoms with E-state index in [1.54, 1.807) is 24.3 Å². The number of nitrogens with zero attached hydrogens (tertiary/aromatic N) is 3. The number of anilines is 2. The third-order valence-electron chi connectivity index (χ3n) is 7.09. The molecule has 0 spiro atoms. The predicted octanol–water partition coefficient (Wildman–Crippen LogP) is 4.76. The molecule has 0 bridgehead atoms. The number of amides is 1. The second kappa shape index (κ2) is 11.4. The number of rotatable bonds is 9. The maximum absolute atomic E-state index is 13.4. The van der Waals surface area contributed by atoms with Crippen LogP contribution in [0.25, 0.3) is 4.91 Å². The molecule has 0 saturated carbocycles. The summed E-state index contributed by atoms with van der Waals surface area (Å²) in [4.78, 5) is 18.2. The van der Waals surface area contributed by atoms with Gasteiger partial charge in [-0.2, -0.15) is 0 Å². The van der Waals surface area contributed by atoms with Crippen LogP contribution in [-0.4, -0.2) is 56.3 Å². The Labute approximate surface area is 225 Å². The van der Waals surface area contributed by atoms with Crippen LogP contribution >= 0.6 is 0 Å². The van der Waals surface area contributed by atoms with E-state index in [-0.39, 0.29) is 17.1 Å². The number of hydrogen-bond donors (Lipinski definition) is 1. The van der Waals surface area contributed by atoms with Crippen molar-refractivity contribution in [1.82, 2.24) is 9.21 Å². The van der Waals surface area contributed by atoms with Crippen molar-refractivity contribution in [3.8, 4) is 0 Å². The highest BCUT2D eigenvalue weighted by Crippen LogP contribution is 2.36. The first-order valence-corrected chi connectivity index (χ1v) is 14.7. The van der Waals surface area contributed by atoms with E-state index in [1.807, 2.05) is 43.3 Å². The number of carbonyl (C=O) groups excluding carboxylic acids is 1. The smallest absolute Gasteiger partial charge is 0.285 e. The largest absolute Gasteiger partial charge is 0.369 e. The first kappa shape index (κ1) is 26.0. The number of nitrogens with one attached hydrogen (secondary N) is 1. The van der Waals surface area contributed by atoms with Crippen molar-refractivity contribution in [3.05, 3.63) is 102 Å². The molecule has 3 aromatic carbocycles. The number of benzene rings is 3. The first-order chi connectivity index (χ1) is 18.5. The normalized spacial score (nSPS) is 17.8. The fraction of sp³-hybridized carbons (Fsp3) is 0.300. The number of unbranched alkanes of at least 4 members (excludes halogenated alkanes) is 1. The van der Waals surface area contributed by atoms with E-state index in [4.69, 9.17) is 0 Å². The molecule has 0 radical (unpaired) electrons. The average Bonchev–Trinajstić information content (AvgIpc) is 3.13. The molecule has 2 heterocycles. The Morgan fingerprint density at radius 1 is 0.816 bits per heavy atom. The van der Waals surface area contributed by atoms with Gasteiger partial charge in [0, 0.05) is 50.6 Å². The lowest BCUT2D eigenvalue weighted by Crippen LogP contribution is -2.45. The third-order valence-corrected chi connectivity index (χ3v) is 8.97. The van der Waals surface area contributed by atoms with Gasteiger partial charge in [0.2, 0.25) is 0 Å². The summed E-state index contributed by atoms with van der Waals surface area (Å²) < 4.78 is 27.8. The van der Waals surface area contributed by atoms with E-state index in [1.165, 1.54) is 5.56 Å². The monoisotopic (exact) mass is 530 g/mol. The van der Waals surface area contributed by atoms with E-state index in [0.29, 0.717) is 17.7 Å². The lowest BCUT2D eigenvalue weighted by molar-refractivity contribution is -0.122. The standard InChI is InChI=1S/C30H34N4O3S/c1-2-3-18-34-30(35)28(29(38(34,36)37)25-12-8-5-9-13-25)31-26-14-16-27(17-15-26)33-21-19-32(20-22-33)23-24-10-6-4-7-11-24/h4-17,31H,2-3,18-23H2,1H3. The zero-order valence-electron chi connectivity index (χ0n) is 21.7. The molecule has 1 fully saturated rings. The van der Waals surface area contributed by atoms with Crippen molar-refractivity contribution in [2.75, 3.05) is 42.9 Å². The molecular weight excluding hydrogens is 496 g/mol. The molecular formula is C30H34N4O3S. The van der Waals surface area contributed by atoms with Crippen molar-refractivity contribution in [2.24, 2.45) is 0 Å². The minimum absolute atomic E-state index is 0.0396. The summed E-state index contributed by atoms with van der Waals surface area (Å²) in [6.45, 7) is 6.96. The zero-order chi connectivity index (χ0) is 26.5. The topological polar surface area (TPSA) is 73.0 Å². The maximum Gasteiger partial charge on any atom is 0.285 e. The van der Waals surface area contributed by atoms with Crippen LogP contribution < -0.4 is 10.2 Å². The van der Waals surface area contributed by atoms with E-state index in [0.717, 1.165) is 49.1 Å². The Morgan fingerprint density at radius 3 is 2.08 bits per heavy atom. The van der Waals surface area contributed by atoms with Crippen LogP contribution in [0.2, 0.25) is 0 Å². The Bertz CT molecular complexity index is 1380. The number of carbonyl (C=O) groups is 1. The van der Waals surface area contributed by atoms with Gasteiger partial charge in [-0.25, -0.2) is 12.7 Å². The van der Waals surface area contributed by atoms with Crippen LogP contribution in [0.15, 0.2) is 90.6 Å². The van der Waals surface area contributed by atoms with Crippen LogP contribution in [-0.2, 0) is 21.4 Å². The van der Waals surface area contributed by atoms with Crippen molar-refractivity contribution in [3.63, 3.8) is 0 Å². The summed E-state index contributed by atoms with van der Waals surface area (Å²) in [5.41, 5.74) is 3.74. The molecule has 0 atom stereocenters. The summed E-state index contributed by atoms with van der Waals surface area (Å²) in [6, 6.07) is 27.3. The molecule has 0 aliphatic carbocycles. The molecule has 1 saturated heterocycles. The highest BCUT2D eigenvalue weighted by atomic mass is 32.2. The van der Waals surface area contributed by atoms with Gasteiger partial charge >= 0.3 is 0 Å². The van der Waals surface area contributed by atoms with Crippen LogP contribution in [0.1, 0.15) is 30.9 Å². The Balaban J connectivity index is 1.30. The second-order valence-electron chi connectivity index (χ2n) is 9.73. The molecule has 38 heavy (non-hydrogen) atoms. The molecule has 2 aliphatic heterocycles. The van der Waals surface area contributed by atoms with Gasteiger partial charge in [-0.1, -0.05) is 74.0 Å². The minimum Gasteiger partial charge on any atom is -0.369 e. The highest BCUT2D eigenvalue weighted by Gasteiger charge is 2.44. The summed E-state index contributed by atoms with van der Waals surface area (Å²) in [5.74, 6) is -0.504. The molecule has 7 nitrogen and oxygen atoms in total. The molecule has 2 aliphatic rings. The van der Waals surface area contributed by atoms with Gasteiger partial charge in [0.1, 0.15) is 10.6 Å². The van der Waals surface area contributed by atoms with E-state index >= 15 is 0 Å². The van der Waals surface area contributed by atoms with Crippen LogP contribution in [0.3, 0.4) is 0 Å². The van der Waals surface area contributed by atoms with Gasteiger partial charge in [-0.05, 0) is 41.8 Å². The van der Waals surface area contributed by atoms with Gasteiger partial charge in [0.15, 0.2) is 0 Å². The summed E-state index contributed by atoms with van der Waals surface area (Å²) in [6.07, 6.45) is 1.42. The molecule has 1 amide bonds. The molecule has 198 valence electrons. The van der Waals surface area contributed by atoms with Crippen molar-refractivity contribution in [1.29, 1.82) is 0 Å². The summed E-state index contributed by atoms with van der Waals surface area (Å²) in [7, 11) is -3.94. The summed E-state index contributed by atoms with van der Waals surface area (Å²) in [5, 5.41) is 3.15. The molecule has 0 unspecified atom stereocenters. The van der Waals surface area contributed by atoms with E-state index in [9.17, 15) is 13.2 Å². The highest BCUT2D eigenvalue weighted by molar-refractivity contribution is 7.99. The van der Waals surface area contributed by atoms with Crippen LogP contribution in [0.4, 0.5) is 11.4 Å². The SMILES string of the molecule is CCCCN1C(=O)C(Nc2ccc(N3CCN(Cc4ccccc4)CC3)cc2)=C(c2ccccc2)S1(=O)=O. The fourth-order valence-corrected chi connectivity index (χ4v) is 6.72. The maximum atomic E-state index is 13.4. The molecule has 0 aromatic heterocycles. The molecule has 5 rings (SSSR count). The lowest BCUT2D eigenvalue weighted by Gasteiger charge is -2.36. The fourth-order valence-electron chi connectivity index (χ4n) is 4.99. The minimum atomic E-state index is -3.94. The van der Waals surface area contributed by atoms with E-state index in [2.05, 4.69) is 39.4 Å². The van der Waals surface area contributed by atoms with Gasteiger partial charge in [0.25, 0.3) is 15.9 Å². The number of sulfonamides is 1. The summed E-state index contributed by atoms with van der Waals surface area (Å²) >= 11 is 0. The molecule has 1 N–H and O–H groups in total. The van der Waals surface area contributed by atoms with Gasteiger partial charge in [-0.3, -0.25) is 9.69 Å². The number of hydrogen-bond acceptors (Lipinski definition) is 6. The Morgan fingerprint density at radius 2 is 1.45 bits per heavy atom. The van der Waals surface area contributed by atoms with Gasteiger partial charge in [-0.15, -0.1) is 0 Å². The molecule has 3 aromatic rings. The van der Waals surface area contributed by atoms with Crippen LogP contribution in [0, 0.1) is 0 Å². The van der Waals surface area contributed by atoms with E-state index < -0.39 is 15.9 Å². The van der Waals surface area contributed by atoms with Crippen molar-refractivity contribution in [2.45, 2.75) is 26.3 Å². The first-order valence-electron chi connectivity index (χ1n) is 13.2. The van der Waals surface area contributed by atoms with Crippen molar-refractivity contribution >= 4 is 32.2 Å². The van der Waals surface area contributed by atoms with Gasteiger partial charge in [0.05, 0.1) is 0 Å². The Hall–Kier alpha value is -3.62. The second-order valence-corrected chi connectivity index (χ2v) is 11.5.